The quantitative estimate of drug-likeness (QED) is 0.532. The summed E-state index contributed by atoms with van der Waals surface area (Å²) in [7, 11) is 0. The predicted molar refractivity (Wildman–Crippen MR) is 107 cm³/mol. The Bertz CT molecular complexity index is 840. The third kappa shape index (κ3) is 5.60. The number of carbonyl (C=O) groups excluding carboxylic acids is 1. The number of aryl methyl sites for hydroxylation is 2. The molecule has 0 radical (unpaired) electrons. The minimum Gasteiger partial charge on any atom is -0.356 e. The molecule has 1 N–H and O–H groups in total. The van der Waals surface area contributed by atoms with Crippen molar-refractivity contribution in [2.45, 2.75) is 32.6 Å². The molecule has 0 aliphatic heterocycles. The summed E-state index contributed by atoms with van der Waals surface area (Å²) in [6, 6.07) is 3.82. The van der Waals surface area contributed by atoms with Crippen LogP contribution in [0.25, 0.3) is 9.88 Å². The monoisotopic (exact) mass is 411 g/mol. The highest BCUT2D eigenvalue weighted by Gasteiger charge is 2.10. The van der Waals surface area contributed by atoms with Crippen LogP contribution in [-0.4, -0.2) is 22.4 Å². The zero-order valence-electron chi connectivity index (χ0n) is 13.8. The van der Waals surface area contributed by atoms with E-state index < -0.39 is 0 Å². The van der Waals surface area contributed by atoms with Crippen molar-refractivity contribution < 1.29 is 4.79 Å². The molecule has 0 atom stereocenters. The number of hydrogen-bond donors (Lipinski definition) is 1. The van der Waals surface area contributed by atoms with Crippen LogP contribution >= 0.6 is 45.6 Å². The molecule has 4 nitrogen and oxygen atoms in total. The van der Waals surface area contributed by atoms with E-state index in [1.54, 1.807) is 22.7 Å². The summed E-state index contributed by atoms with van der Waals surface area (Å²) in [6.45, 7) is 2.71. The summed E-state index contributed by atoms with van der Waals surface area (Å²) in [5.41, 5.74) is 1.89. The first-order valence-corrected chi connectivity index (χ1v) is 10.9. The van der Waals surface area contributed by atoms with Gasteiger partial charge in [-0.3, -0.25) is 4.79 Å². The fourth-order valence-electron chi connectivity index (χ4n) is 2.30. The molecule has 0 fully saturated rings. The average molecular weight is 412 g/mol. The molecule has 0 saturated carbocycles. The lowest BCUT2D eigenvalue weighted by molar-refractivity contribution is -0.120. The molecule has 0 saturated heterocycles. The van der Waals surface area contributed by atoms with E-state index in [-0.39, 0.29) is 5.91 Å². The molecule has 0 aromatic carbocycles. The molecule has 3 rings (SSSR count). The number of carbonyl (C=O) groups is 1. The molecule has 0 bridgehead atoms. The first kappa shape index (κ1) is 18.5. The van der Waals surface area contributed by atoms with Crippen molar-refractivity contribution in [3.8, 4) is 9.88 Å². The summed E-state index contributed by atoms with van der Waals surface area (Å²) < 4.78 is 0.748. The Morgan fingerprint density at radius 3 is 2.80 bits per heavy atom. The maximum Gasteiger partial charge on any atom is 0.226 e. The number of aromatic nitrogens is 2. The fraction of sp³-hybridized carbons (Fsp3) is 0.353. The molecular formula is C17H18ClN3OS3. The fourth-order valence-corrected chi connectivity index (χ4v) is 5.06. The number of nitrogens with one attached hydrogen (secondary N) is 1. The minimum absolute atomic E-state index is 0.0196. The van der Waals surface area contributed by atoms with Crippen molar-refractivity contribution in [2.75, 3.05) is 6.54 Å². The highest BCUT2D eigenvalue weighted by atomic mass is 35.5. The van der Waals surface area contributed by atoms with Crippen molar-refractivity contribution in [3.63, 3.8) is 0 Å². The molecule has 8 heteroatoms. The maximum atomic E-state index is 12.0. The zero-order chi connectivity index (χ0) is 17.6. The average Bonchev–Trinajstić information content (AvgIpc) is 3.29. The van der Waals surface area contributed by atoms with Crippen LogP contribution in [0.4, 0.5) is 0 Å². The number of amides is 1. The summed E-state index contributed by atoms with van der Waals surface area (Å²) in [5, 5.41) is 9.07. The zero-order valence-corrected chi connectivity index (χ0v) is 17.0. The summed E-state index contributed by atoms with van der Waals surface area (Å²) in [4.78, 5) is 22.0. The standard InChI is InChI=1S/C17H18ClN3OS3/c1-11-9-23-16(20-11)4-2-3-7-19-15(22)8-12-10-24-17(21-12)13-5-6-14(18)25-13/h5-6,9-10H,2-4,7-8H2,1H3,(H,19,22). The molecule has 1 amide bonds. The van der Waals surface area contributed by atoms with Gasteiger partial charge in [-0.15, -0.1) is 34.0 Å². The Balaban J connectivity index is 1.37. The lowest BCUT2D eigenvalue weighted by Crippen LogP contribution is -2.26. The molecule has 3 heterocycles. The molecule has 0 unspecified atom stereocenters. The topological polar surface area (TPSA) is 54.9 Å². The summed E-state index contributed by atoms with van der Waals surface area (Å²) in [5.74, 6) is 0.0196. The van der Waals surface area contributed by atoms with Crippen molar-refractivity contribution in [2.24, 2.45) is 0 Å². The van der Waals surface area contributed by atoms with Gasteiger partial charge in [0.05, 0.1) is 26.3 Å². The van der Waals surface area contributed by atoms with E-state index in [9.17, 15) is 4.79 Å². The maximum absolute atomic E-state index is 12.0. The number of thiazole rings is 2. The van der Waals surface area contributed by atoms with E-state index in [1.165, 1.54) is 16.3 Å². The minimum atomic E-state index is 0.0196. The summed E-state index contributed by atoms with van der Waals surface area (Å²) >= 11 is 10.7. The van der Waals surface area contributed by atoms with E-state index in [4.69, 9.17) is 11.6 Å². The number of thiophene rings is 1. The van der Waals surface area contributed by atoms with E-state index in [2.05, 4.69) is 20.7 Å². The van der Waals surface area contributed by atoms with Crippen LogP contribution in [-0.2, 0) is 17.6 Å². The molecule has 0 spiro atoms. The van der Waals surface area contributed by atoms with Crippen LogP contribution < -0.4 is 5.32 Å². The van der Waals surface area contributed by atoms with Gasteiger partial charge in [-0.1, -0.05) is 11.6 Å². The van der Waals surface area contributed by atoms with E-state index in [1.807, 2.05) is 24.4 Å². The second-order valence-electron chi connectivity index (χ2n) is 5.61. The van der Waals surface area contributed by atoms with Gasteiger partial charge in [-0.25, -0.2) is 9.97 Å². The van der Waals surface area contributed by atoms with E-state index in [0.717, 1.165) is 44.9 Å². The highest BCUT2D eigenvalue weighted by Crippen LogP contribution is 2.32. The normalized spacial score (nSPS) is 11.0. The van der Waals surface area contributed by atoms with Crippen molar-refractivity contribution in [1.82, 2.24) is 15.3 Å². The second-order valence-corrected chi connectivity index (χ2v) is 9.13. The number of halogens is 1. The Labute approximate surface area is 163 Å². The lowest BCUT2D eigenvalue weighted by Gasteiger charge is -2.03. The first-order chi connectivity index (χ1) is 12.1. The first-order valence-electron chi connectivity index (χ1n) is 7.98. The molecule has 25 heavy (non-hydrogen) atoms. The van der Waals surface area contributed by atoms with Crippen LogP contribution in [0.3, 0.4) is 0 Å². The molecule has 3 aromatic heterocycles. The van der Waals surface area contributed by atoms with E-state index in [0.29, 0.717) is 13.0 Å². The van der Waals surface area contributed by atoms with Gasteiger partial charge in [0, 0.05) is 23.0 Å². The molecular weight excluding hydrogens is 394 g/mol. The smallest absolute Gasteiger partial charge is 0.226 e. The van der Waals surface area contributed by atoms with Gasteiger partial charge < -0.3 is 5.32 Å². The number of nitrogens with zero attached hydrogens (tertiary/aromatic N) is 2. The van der Waals surface area contributed by atoms with Gasteiger partial charge in [0.15, 0.2) is 0 Å². The SMILES string of the molecule is Cc1csc(CCCCNC(=O)Cc2csc(-c3ccc(Cl)s3)n2)n1. The number of rotatable bonds is 8. The van der Waals surface area contributed by atoms with Crippen LogP contribution in [0.15, 0.2) is 22.9 Å². The Morgan fingerprint density at radius 1 is 1.20 bits per heavy atom. The van der Waals surface area contributed by atoms with E-state index >= 15 is 0 Å². The summed E-state index contributed by atoms with van der Waals surface area (Å²) in [6.07, 6.45) is 3.29. The van der Waals surface area contributed by atoms with Gasteiger partial charge in [0.2, 0.25) is 5.91 Å². The lowest BCUT2D eigenvalue weighted by atomic mass is 10.2. The molecule has 3 aromatic rings. The Hall–Kier alpha value is -1.28. The number of unbranched alkanes of at least 4 members (excludes halogenated alkanes) is 1. The van der Waals surface area contributed by atoms with Crippen LogP contribution in [0.1, 0.15) is 29.2 Å². The predicted octanol–water partition coefficient (Wildman–Crippen LogP) is 4.97. The highest BCUT2D eigenvalue weighted by molar-refractivity contribution is 7.23. The van der Waals surface area contributed by atoms with Crippen LogP contribution in [0.5, 0.6) is 0 Å². The molecule has 0 aliphatic rings. The number of hydrogen-bond acceptors (Lipinski definition) is 6. The van der Waals surface area contributed by atoms with Gasteiger partial charge >= 0.3 is 0 Å². The van der Waals surface area contributed by atoms with Crippen LogP contribution in [0, 0.1) is 6.92 Å². The van der Waals surface area contributed by atoms with Crippen molar-refractivity contribution in [1.29, 1.82) is 0 Å². The molecule has 0 aliphatic carbocycles. The van der Waals surface area contributed by atoms with Gasteiger partial charge in [-0.2, -0.15) is 0 Å². The largest absolute Gasteiger partial charge is 0.356 e. The van der Waals surface area contributed by atoms with Crippen molar-refractivity contribution >= 4 is 51.5 Å². The molecule has 132 valence electrons. The second kappa shape index (κ2) is 8.89. The van der Waals surface area contributed by atoms with Crippen molar-refractivity contribution in [3.05, 3.63) is 43.6 Å². The van der Waals surface area contributed by atoms with Gasteiger partial charge in [-0.05, 0) is 38.3 Å². The van der Waals surface area contributed by atoms with Gasteiger partial charge in [0.1, 0.15) is 5.01 Å². The van der Waals surface area contributed by atoms with Crippen LogP contribution in [0.2, 0.25) is 4.34 Å². The third-order valence-corrected chi connectivity index (χ3v) is 6.80. The van der Waals surface area contributed by atoms with Gasteiger partial charge in [0.25, 0.3) is 0 Å². The Morgan fingerprint density at radius 2 is 2.08 bits per heavy atom. The Kier molecular flexibility index (Phi) is 6.58. The third-order valence-electron chi connectivity index (χ3n) is 3.48.